The molecule has 6 nitrogen and oxygen atoms in total. The molecular formula is C14H13N3O3. The van der Waals surface area contributed by atoms with Gasteiger partial charge < -0.3 is 10.2 Å². The molecule has 20 heavy (non-hydrogen) atoms. The van der Waals surface area contributed by atoms with Crippen molar-refractivity contribution >= 4 is 12.1 Å². The second-order valence-corrected chi connectivity index (χ2v) is 3.93. The number of pyridine rings is 1. The second-order valence-electron chi connectivity index (χ2n) is 3.93. The van der Waals surface area contributed by atoms with E-state index in [2.05, 4.69) is 15.5 Å². The fraction of sp³-hybridized carbons (Fsp3) is 0.0714. The molecule has 0 unspecified atom stereocenters. The Bertz CT molecular complexity index is 641. The van der Waals surface area contributed by atoms with E-state index >= 15 is 0 Å². The van der Waals surface area contributed by atoms with Gasteiger partial charge in [0.05, 0.1) is 18.5 Å². The summed E-state index contributed by atoms with van der Waals surface area (Å²) >= 11 is 0. The van der Waals surface area contributed by atoms with Crippen molar-refractivity contribution < 1.29 is 15.0 Å². The number of aliphatic hydroxyl groups excluding tert-OH is 1. The Kier molecular flexibility index (Phi) is 4.41. The lowest BCUT2D eigenvalue weighted by molar-refractivity contribution is 0.0949. The highest BCUT2D eigenvalue weighted by Gasteiger charge is 2.06. The number of aliphatic hydroxyl groups is 1. The summed E-state index contributed by atoms with van der Waals surface area (Å²) < 4.78 is 0. The van der Waals surface area contributed by atoms with Crippen molar-refractivity contribution in [3.63, 3.8) is 0 Å². The molecule has 0 aliphatic carbocycles. The molecule has 0 saturated carbocycles. The van der Waals surface area contributed by atoms with Crippen LogP contribution in [0.15, 0.2) is 47.6 Å². The summed E-state index contributed by atoms with van der Waals surface area (Å²) in [6, 6.07) is 11.4. The summed E-state index contributed by atoms with van der Waals surface area (Å²) in [6.07, 6.45) is 1.34. The van der Waals surface area contributed by atoms with Crippen molar-refractivity contribution in [2.75, 3.05) is 0 Å². The summed E-state index contributed by atoms with van der Waals surface area (Å²) in [6.45, 7) is -0.234. The molecule has 0 fully saturated rings. The third kappa shape index (κ3) is 3.39. The van der Waals surface area contributed by atoms with Crippen LogP contribution in [0.1, 0.15) is 21.7 Å². The molecule has 0 radical (unpaired) electrons. The van der Waals surface area contributed by atoms with Gasteiger partial charge in [-0.1, -0.05) is 18.2 Å². The van der Waals surface area contributed by atoms with Gasteiger partial charge in [-0.2, -0.15) is 5.10 Å². The molecule has 0 aliphatic rings. The van der Waals surface area contributed by atoms with Crippen LogP contribution in [0.2, 0.25) is 0 Å². The highest BCUT2D eigenvalue weighted by molar-refractivity contribution is 5.93. The van der Waals surface area contributed by atoms with Crippen LogP contribution < -0.4 is 5.43 Å². The summed E-state index contributed by atoms with van der Waals surface area (Å²) in [5.41, 5.74) is 3.36. The number of phenols is 1. The van der Waals surface area contributed by atoms with Gasteiger partial charge in [0.25, 0.3) is 5.91 Å². The summed E-state index contributed by atoms with van der Waals surface area (Å²) in [4.78, 5) is 15.7. The number of nitrogens with one attached hydrogen (secondary N) is 1. The van der Waals surface area contributed by atoms with Crippen LogP contribution in [-0.2, 0) is 6.61 Å². The SMILES string of the molecule is O=C(N/N=C/c1ccccc1O)c1cccc(CO)n1. The van der Waals surface area contributed by atoms with Crippen LogP contribution in [0.3, 0.4) is 0 Å². The molecule has 3 N–H and O–H groups in total. The van der Waals surface area contributed by atoms with Crippen molar-refractivity contribution in [2.24, 2.45) is 5.10 Å². The molecule has 0 bridgehead atoms. The van der Waals surface area contributed by atoms with Gasteiger partial charge in [0.15, 0.2) is 0 Å². The maximum absolute atomic E-state index is 11.8. The predicted molar refractivity (Wildman–Crippen MR) is 73.3 cm³/mol. The van der Waals surface area contributed by atoms with E-state index in [1.165, 1.54) is 18.3 Å². The molecule has 2 aromatic rings. The van der Waals surface area contributed by atoms with Crippen LogP contribution >= 0.6 is 0 Å². The van der Waals surface area contributed by atoms with Crippen LogP contribution in [0.25, 0.3) is 0 Å². The largest absolute Gasteiger partial charge is 0.507 e. The zero-order chi connectivity index (χ0) is 14.4. The normalized spacial score (nSPS) is 10.7. The number of benzene rings is 1. The zero-order valence-corrected chi connectivity index (χ0v) is 10.5. The van der Waals surface area contributed by atoms with Crippen molar-refractivity contribution in [2.45, 2.75) is 6.61 Å². The molecule has 1 amide bonds. The maximum Gasteiger partial charge on any atom is 0.289 e. The fourth-order valence-electron chi connectivity index (χ4n) is 1.51. The molecule has 0 atom stereocenters. The van der Waals surface area contributed by atoms with Gasteiger partial charge in [0.2, 0.25) is 0 Å². The first-order valence-electron chi connectivity index (χ1n) is 5.89. The molecule has 2 rings (SSSR count). The Morgan fingerprint density at radius 3 is 2.80 bits per heavy atom. The lowest BCUT2D eigenvalue weighted by Gasteiger charge is -2.01. The standard InChI is InChI=1S/C14H13N3O3/c18-9-11-5-3-6-12(16-11)14(20)17-15-8-10-4-1-2-7-13(10)19/h1-8,18-19H,9H2,(H,17,20)/b15-8+. The number of carbonyl (C=O) groups excluding carboxylic acids is 1. The Labute approximate surface area is 115 Å². The number of carbonyl (C=O) groups is 1. The van der Waals surface area contributed by atoms with Crippen molar-refractivity contribution in [1.82, 2.24) is 10.4 Å². The third-order valence-corrected chi connectivity index (χ3v) is 2.51. The number of nitrogens with zero attached hydrogens (tertiary/aromatic N) is 2. The molecule has 102 valence electrons. The first-order valence-corrected chi connectivity index (χ1v) is 5.89. The highest BCUT2D eigenvalue weighted by Crippen LogP contribution is 2.12. The topological polar surface area (TPSA) is 94.8 Å². The van der Waals surface area contributed by atoms with E-state index in [0.717, 1.165) is 0 Å². The number of aromatic hydroxyl groups is 1. The van der Waals surface area contributed by atoms with Gasteiger partial charge in [-0.25, -0.2) is 10.4 Å². The number of rotatable bonds is 4. The number of hydrazone groups is 1. The van der Waals surface area contributed by atoms with Gasteiger partial charge >= 0.3 is 0 Å². The maximum atomic E-state index is 11.8. The summed E-state index contributed by atoms with van der Waals surface area (Å²) in [5, 5.41) is 22.2. The Hall–Kier alpha value is -2.73. The van der Waals surface area contributed by atoms with E-state index in [1.807, 2.05) is 0 Å². The Morgan fingerprint density at radius 1 is 1.25 bits per heavy atom. The highest BCUT2D eigenvalue weighted by atomic mass is 16.3. The monoisotopic (exact) mass is 271 g/mol. The number of hydrogen-bond acceptors (Lipinski definition) is 5. The quantitative estimate of drug-likeness (QED) is 0.572. The molecule has 1 aromatic heterocycles. The van der Waals surface area contributed by atoms with Crippen LogP contribution in [0.5, 0.6) is 5.75 Å². The first-order chi connectivity index (χ1) is 9.70. The predicted octanol–water partition coefficient (Wildman–Crippen LogP) is 1.04. The molecular weight excluding hydrogens is 258 g/mol. The van der Waals surface area contributed by atoms with Gasteiger partial charge in [0.1, 0.15) is 11.4 Å². The number of aromatic nitrogens is 1. The van der Waals surface area contributed by atoms with Crippen LogP contribution in [-0.4, -0.2) is 27.3 Å². The number of phenolic OH excluding ortho intramolecular Hbond substituents is 1. The van der Waals surface area contributed by atoms with E-state index in [-0.39, 0.29) is 18.1 Å². The number of amides is 1. The molecule has 1 heterocycles. The van der Waals surface area contributed by atoms with Crippen molar-refractivity contribution in [3.8, 4) is 5.75 Å². The van der Waals surface area contributed by atoms with E-state index in [4.69, 9.17) is 5.11 Å². The van der Waals surface area contributed by atoms with E-state index < -0.39 is 5.91 Å². The van der Waals surface area contributed by atoms with Gasteiger partial charge in [-0.05, 0) is 24.3 Å². The van der Waals surface area contributed by atoms with E-state index in [1.54, 1.807) is 30.3 Å². The van der Waals surface area contributed by atoms with E-state index in [0.29, 0.717) is 11.3 Å². The average molecular weight is 271 g/mol. The Morgan fingerprint density at radius 2 is 2.05 bits per heavy atom. The van der Waals surface area contributed by atoms with Gasteiger partial charge in [-0.15, -0.1) is 0 Å². The lowest BCUT2D eigenvalue weighted by atomic mass is 10.2. The Balaban J connectivity index is 2.03. The van der Waals surface area contributed by atoms with E-state index in [9.17, 15) is 9.90 Å². The van der Waals surface area contributed by atoms with Crippen LogP contribution in [0, 0.1) is 0 Å². The smallest absolute Gasteiger partial charge is 0.289 e. The summed E-state index contributed by atoms with van der Waals surface area (Å²) in [5.74, 6) is -0.419. The minimum atomic E-state index is -0.494. The minimum Gasteiger partial charge on any atom is -0.507 e. The minimum absolute atomic E-state index is 0.0749. The second kappa shape index (κ2) is 6.44. The molecule has 0 aliphatic heterocycles. The van der Waals surface area contributed by atoms with Crippen LogP contribution in [0.4, 0.5) is 0 Å². The van der Waals surface area contributed by atoms with Crippen molar-refractivity contribution in [3.05, 3.63) is 59.4 Å². The zero-order valence-electron chi connectivity index (χ0n) is 10.5. The lowest BCUT2D eigenvalue weighted by Crippen LogP contribution is -2.19. The molecule has 6 heteroatoms. The number of para-hydroxylation sites is 1. The van der Waals surface area contributed by atoms with Crippen molar-refractivity contribution in [1.29, 1.82) is 0 Å². The molecule has 0 saturated heterocycles. The average Bonchev–Trinajstić information content (AvgIpc) is 2.49. The fourth-order valence-corrected chi connectivity index (χ4v) is 1.51. The van der Waals surface area contributed by atoms with Gasteiger partial charge in [0, 0.05) is 5.56 Å². The molecule has 0 spiro atoms. The molecule has 1 aromatic carbocycles. The summed E-state index contributed by atoms with van der Waals surface area (Å²) in [7, 11) is 0. The third-order valence-electron chi connectivity index (χ3n) is 2.51. The number of hydrogen-bond donors (Lipinski definition) is 3. The first kappa shape index (κ1) is 13.7. The van der Waals surface area contributed by atoms with Gasteiger partial charge in [-0.3, -0.25) is 4.79 Å².